The Labute approximate surface area is 96.7 Å². The van der Waals surface area contributed by atoms with E-state index in [4.69, 9.17) is 5.73 Å². The van der Waals surface area contributed by atoms with Crippen LogP contribution in [-0.4, -0.2) is 23.1 Å². The van der Waals surface area contributed by atoms with Gasteiger partial charge in [0.25, 0.3) is 0 Å². The van der Waals surface area contributed by atoms with Gasteiger partial charge in [-0.15, -0.1) is 0 Å². The molecule has 0 spiro atoms. The quantitative estimate of drug-likeness (QED) is 0.811. The Kier molecular flexibility index (Phi) is 3.39. The van der Waals surface area contributed by atoms with Crippen LogP contribution in [0, 0.1) is 12.3 Å². The summed E-state index contributed by atoms with van der Waals surface area (Å²) in [5.41, 5.74) is 7.17. The first-order valence-electron chi connectivity index (χ1n) is 5.97. The molecule has 4 heteroatoms. The van der Waals surface area contributed by atoms with E-state index in [0.717, 1.165) is 24.6 Å². The molecule has 2 rings (SSSR count). The van der Waals surface area contributed by atoms with E-state index in [1.54, 1.807) is 6.33 Å². The van der Waals surface area contributed by atoms with Crippen molar-refractivity contribution >= 4 is 5.82 Å². The number of aryl methyl sites for hydroxylation is 1. The molecule has 1 heterocycles. The molecule has 0 aromatic carbocycles. The van der Waals surface area contributed by atoms with E-state index < -0.39 is 0 Å². The number of aromatic nitrogens is 2. The summed E-state index contributed by atoms with van der Waals surface area (Å²) in [6.07, 6.45) is 6.69. The molecule has 0 saturated heterocycles. The van der Waals surface area contributed by atoms with E-state index in [9.17, 15) is 0 Å². The Hall–Kier alpha value is -1.16. The lowest BCUT2D eigenvalue weighted by molar-refractivity contribution is 0.332. The lowest BCUT2D eigenvalue weighted by atomic mass is 9.86. The molecule has 0 bridgehead atoms. The molecule has 16 heavy (non-hydrogen) atoms. The van der Waals surface area contributed by atoms with Crippen molar-refractivity contribution in [2.24, 2.45) is 11.1 Å². The summed E-state index contributed by atoms with van der Waals surface area (Å²) in [5, 5.41) is 3.39. The Bertz CT molecular complexity index is 345. The summed E-state index contributed by atoms with van der Waals surface area (Å²) in [6.45, 7) is 3.67. The fraction of sp³-hybridized carbons (Fsp3) is 0.667. The monoisotopic (exact) mass is 220 g/mol. The number of hydrogen-bond acceptors (Lipinski definition) is 4. The van der Waals surface area contributed by atoms with Gasteiger partial charge in [-0.25, -0.2) is 9.97 Å². The maximum absolute atomic E-state index is 5.89. The van der Waals surface area contributed by atoms with Crippen molar-refractivity contribution < 1.29 is 0 Å². The molecule has 0 aliphatic heterocycles. The van der Waals surface area contributed by atoms with Crippen molar-refractivity contribution in [2.45, 2.75) is 32.6 Å². The van der Waals surface area contributed by atoms with Crippen LogP contribution in [0.3, 0.4) is 0 Å². The van der Waals surface area contributed by atoms with Crippen LogP contribution in [0.4, 0.5) is 5.82 Å². The van der Waals surface area contributed by atoms with Crippen LogP contribution in [-0.2, 0) is 0 Å². The largest absolute Gasteiger partial charge is 0.369 e. The summed E-state index contributed by atoms with van der Waals surface area (Å²) < 4.78 is 0. The fourth-order valence-corrected chi connectivity index (χ4v) is 2.41. The minimum atomic E-state index is 0.291. The van der Waals surface area contributed by atoms with Gasteiger partial charge in [-0.3, -0.25) is 0 Å². The van der Waals surface area contributed by atoms with Gasteiger partial charge >= 0.3 is 0 Å². The smallest absolute Gasteiger partial charge is 0.129 e. The molecule has 1 aromatic rings. The second-order valence-corrected chi connectivity index (χ2v) is 4.81. The second-order valence-electron chi connectivity index (χ2n) is 4.81. The van der Waals surface area contributed by atoms with Crippen molar-refractivity contribution in [1.82, 2.24) is 9.97 Å². The normalized spacial score (nSPS) is 18.6. The summed E-state index contributed by atoms with van der Waals surface area (Å²) in [7, 11) is 0. The molecule has 3 N–H and O–H groups in total. The van der Waals surface area contributed by atoms with Crippen LogP contribution < -0.4 is 11.1 Å². The maximum atomic E-state index is 5.89. The number of rotatable bonds is 4. The van der Waals surface area contributed by atoms with Crippen molar-refractivity contribution in [1.29, 1.82) is 0 Å². The van der Waals surface area contributed by atoms with Gasteiger partial charge in [-0.1, -0.05) is 12.8 Å². The minimum Gasteiger partial charge on any atom is -0.369 e. The van der Waals surface area contributed by atoms with E-state index in [-0.39, 0.29) is 0 Å². The molecular weight excluding hydrogens is 200 g/mol. The van der Waals surface area contributed by atoms with Crippen LogP contribution in [0.25, 0.3) is 0 Å². The van der Waals surface area contributed by atoms with Gasteiger partial charge in [0, 0.05) is 18.3 Å². The Morgan fingerprint density at radius 1 is 1.38 bits per heavy atom. The molecule has 1 saturated carbocycles. The van der Waals surface area contributed by atoms with Crippen molar-refractivity contribution in [3.05, 3.63) is 18.1 Å². The van der Waals surface area contributed by atoms with E-state index >= 15 is 0 Å². The summed E-state index contributed by atoms with van der Waals surface area (Å²) in [6, 6.07) is 1.97. The third-order valence-corrected chi connectivity index (χ3v) is 3.55. The number of anilines is 1. The highest BCUT2D eigenvalue weighted by molar-refractivity contribution is 5.34. The third-order valence-electron chi connectivity index (χ3n) is 3.55. The lowest BCUT2D eigenvalue weighted by Crippen LogP contribution is -2.34. The standard InChI is InChI=1S/C12H20N4/c1-10-6-11(16-9-15-10)14-8-12(7-13)4-2-3-5-12/h6,9H,2-5,7-8,13H2,1H3,(H,14,15,16). The van der Waals surface area contributed by atoms with Crippen LogP contribution >= 0.6 is 0 Å². The zero-order valence-corrected chi connectivity index (χ0v) is 9.87. The van der Waals surface area contributed by atoms with Crippen LogP contribution in [0.1, 0.15) is 31.4 Å². The highest BCUT2D eigenvalue weighted by Crippen LogP contribution is 2.36. The fourth-order valence-electron chi connectivity index (χ4n) is 2.41. The van der Waals surface area contributed by atoms with Crippen molar-refractivity contribution in [2.75, 3.05) is 18.4 Å². The average molecular weight is 220 g/mol. The van der Waals surface area contributed by atoms with E-state index in [1.165, 1.54) is 25.7 Å². The number of hydrogen-bond donors (Lipinski definition) is 2. The van der Waals surface area contributed by atoms with Gasteiger partial charge in [-0.05, 0) is 31.7 Å². The summed E-state index contributed by atoms with van der Waals surface area (Å²) in [4.78, 5) is 8.28. The zero-order valence-electron chi connectivity index (χ0n) is 9.87. The Morgan fingerprint density at radius 2 is 2.12 bits per heavy atom. The second kappa shape index (κ2) is 4.78. The lowest BCUT2D eigenvalue weighted by Gasteiger charge is -2.27. The Morgan fingerprint density at radius 3 is 2.75 bits per heavy atom. The molecule has 0 amide bonds. The first-order chi connectivity index (χ1) is 7.74. The van der Waals surface area contributed by atoms with Gasteiger partial charge < -0.3 is 11.1 Å². The molecule has 1 aromatic heterocycles. The highest BCUT2D eigenvalue weighted by atomic mass is 15.0. The van der Waals surface area contributed by atoms with Crippen LogP contribution in [0.5, 0.6) is 0 Å². The van der Waals surface area contributed by atoms with Crippen molar-refractivity contribution in [3.63, 3.8) is 0 Å². The third kappa shape index (κ3) is 2.50. The zero-order chi connectivity index (χ0) is 11.4. The molecule has 1 aliphatic carbocycles. The van der Waals surface area contributed by atoms with E-state index in [1.807, 2.05) is 13.0 Å². The van der Waals surface area contributed by atoms with Gasteiger partial charge in [0.2, 0.25) is 0 Å². The Balaban J connectivity index is 1.95. The van der Waals surface area contributed by atoms with E-state index in [0.29, 0.717) is 5.41 Å². The van der Waals surface area contributed by atoms with Crippen LogP contribution in [0.15, 0.2) is 12.4 Å². The molecule has 1 fully saturated rings. The summed E-state index contributed by atoms with van der Waals surface area (Å²) >= 11 is 0. The highest BCUT2D eigenvalue weighted by Gasteiger charge is 2.32. The van der Waals surface area contributed by atoms with Crippen molar-refractivity contribution in [3.8, 4) is 0 Å². The topological polar surface area (TPSA) is 63.8 Å². The van der Waals surface area contributed by atoms with Gasteiger partial charge in [0.05, 0.1) is 0 Å². The number of nitrogens with two attached hydrogens (primary N) is 1. The first kappa shape index (κ1) is 11.3. The number of nitrogens with one attached hydrogen (secondary N) is 1. The maximum Gasteiger partial charge on any atom is 0.129 e. The number of nitrogens with zero attached hydrogens (tertiary/aromatic N) is 2. The predicted molar refractivity (Wildman–Crippen MR) is 65.2 cm³/mol. The van der Waals surface area contributed by atoms with Crippen LogP contribution in [0.2, 0.25) is 0 Å². The average Bonchev–Trinajstić information content (AvgIpc) is 2.76. The van der Waals surface area contributed by atoms with Gasteiger partial charge in [0.1, 0.15) is 12.1 Å². The SMILES string of the molecule is Cc1cc(NCC2(CN)CCCC2)ncn1. The minimum absolute atomic E-state index is 0.291. The molecule has 88 valence electrons. The molecule has 4 nitrogen and oxygen atoms in total. The summed E-state index contributed by atoms with van der Waals surface area (Å²) in [5.74, 6) is 0.909. The predicted octanol–water partition coefficient (Wildman–Crippen LogP) is 1.72. The van der Waals surface area contributed by atoms with E-state index in [2.05, 4.69) is 15.3 Å². The molecule has 0 radical (unpaired) electrons. The molecule has 0 unspecified atom stereocenters. The molecule has 1 aliphatic rings. The molecular formula is C12H20N4. The molecule has 0 atom stereocenters. The van der Waals surface area contributed by atoms with Gasteiger partial charge in [0.15, 0.2) is 0 Å². The first-order valence-corrected chi connectivity index (χ1v) is 5.97. The van der Waals surface area contributed by atoms with Gasteiger partial charge in [-0.2, -0.15) is 0 Å².